The van der Waals surface area contributed by atoms with Gasteiger partial charge in [-0.2, -0.15) is 9.61 Å². The minimum absolute atomic E-state index is 0.0495. The van der Waals surface area contributed by atoms with E-state index >= 15 is 0 Å². The summed E-state index contributed by atoms with van der Waals surface area (Å²) in [5.41, 5.74) is 6.04. The highest BCUT2D eigenvalue weighted by molar-refractivity contribution is 7.16. The van der Waals surface area contributed by atoms with E-state index in [2.05, 4.69) is 36.1 Å². The van der Waals surface area contributed by atoms with E-state index in [9.17, 15) is 0 Å². The van der Waals surface area contributed by atoms with E-state index in [0.29, 0.717) is 0 Å². The second kappa shape index (κ2) is 3.26. The maximum Gasteiger partial charge on any atom is 0.234 e. The summed E-state index contributed by atoms with van der Waals surface area (Å²) in [5.74, 6) is 0.901. The summed E-state index contributed by atoms with van der Waals surface area (Å²) in [6, 6.07) is 0. The van der Waals surface area contributed by atoms with E-state index in [1.165, 1.54) is 6.42 Å². The molecule has 17 heavy (non-hydrogen) atoms. The van der Waals surface area contributed by atoms with Gasteiger partial charge >= 0.3 is 0 Å². The third-order valence-electron chi connectivity index (χ3n) is 3.33. The Kier molecular flexibility index (Phi) is 2.13. The summed E-state index contributed by atoms with van der Waals surface area (Å²) in [5, 5.41) is 14.0. The molecular formula is C11H17N5S. The van der Waals surface area contributed by atoms with E-state index in [-0.39, 0.29) is 11.0 Å². The molecule has 0 aliphatic heterocycles. The summed E-state index contributed by atoms with van der Waals surface area (Å²) in [6.45, 7) is 6.35. The molecule has 0 bridgehead atoms. The predicted molar refractivity (Wildman–Crippen MR) is 67.1 cm³/mol. The molecule has 0 atom stereocenters. The second-order valence-electron chi connectivity index (χ2n) is 5.88. The van der Waals surface area contributed by atoms with Crippen molar-refractivity contribution < 1.29 is 0 Å². The van der Waals surface area contributed by atoms with Crippen molar-refractivity contribution in [2.24, 2.45) is 5.73 Å². The maximum absolute atomic E-state index is 6.29. The predicted octanol–water partition coefficient (Wildman–Crippen LogP) is 1.82. The van der Waals surface area contributed by atoms with Crippen molar-refractivity contribution in [3.8, 4) is 0 Å². The standard InChI is InChI=1S/C11H17N5S/c1-10(2,3)7-13-14-9-16(7)15-8(17-9)11(12)5-4-6-11/h4-6,12H2,1-3H3. The topological polar surface area (TPSA) is 69.1 Å². The normalized spacial score (nSPS) is 19.5. The molecule has 1 aliphatic carbocycles. The van der Waals surface area contributed by atoms with Crippen LogP contribution in [0.25, 0.3) is 4.96 Å². The van der Waals surface area contributed by atoms with Crippen LogP contribution in [0.5, 0.6) is 0 Å². The highest BCUT2D eigenvalue weighted by Gasteiger charge is 2.38. The number of aromatic nitrogens is 4. The van der Waals surface area contributed by atoms with Crippen LogP contribution in [0, 0.1) is 0 Å². The first kappa shape index (κ1) is 11.1. The van der Waals surface area contributed by atoms with E-state index < -0.39 is 0 Å². The average molecular weight is 251 g/mol. The molecule has 2 heterocycles. The second-order valence-corrected chi connectivity index (χ2v) is 6.84. The first-order valence-electron chi connectivity index (χ1n) is 5.92. The van der Waals surface area contributed by atoms with Gasteiger partial charge in [-0.05, 0) is 19.3 Å². The molecule has 1 fully saturated rings. The van der Waals surface area contributed by atoms with E-state index in [0.717, 1.165) is 28.6 Å². The maximum atomic E-state index is 6.29. The van der Waals surface area contributed by atoms with E-state index in [1.54, 1.807) is 11.3 Å². The van der Waals surface area contributed by atoms with E-state index in [1.807, 2.05) is 4.52 Å². The van der Waals surface area contributed by atoms with Gasteiger partial charge in [0.05, 0.1) is 5.54 Å². The van der Waals surface area contributed by atoms with Crippen molar-refractivity contribution in [1.29, 1.82) is 0 Å². The third kappa shape index (κ3) is 1.58. The Balaban J connectivity index is 2.11. The minimum Gasteiger partial charge on any atom is -0.319 e. The lowest BCUT2D eigenvalue weighted by atomic mass is 9.78. The number of hydrogen-bond acceptors (Lipinski definition) is 5. The summed E-state index contributed by atoms with van der Waals surface area (Å²) in [6.07, 6.45) is 3.26. The number of hydrogen-bond donors (Lipinski definition) is 1. The zero-order chi connectivity index (χ0) is 12.3. The SMILES string of the molecule is CC(C)(C)c1nnc2sc(C3(N)CCC3)nn12. The van der Waals surface area contributed by atoms with E-state index in [4.69, 9.17) is 5.73 Å². The molecule has 2 aromatic heterocycles. The average Bonchev–Trinajstić information content (AvgIpc) is 2.69. The zero-order valence-corrected chi connectivity index (χ0v) is 11.2. The van der Waals surface area contributed by atoms with Crippen LogP contribution < -0.4 is 5.73 Å². The quantitative estimate of drug-likeness (QED) is 0.839. The van der Waals surface area contributed by atoms with Gasteiger partial charge in [0.1, 0.15) is 5.01 Å². The lowest BCUT2D eigenvalue weighted by Crippen LogP contribution is -2.43. The van der Waals surface area contributed by atoms with Gasteiger partial charge in [0.25, 0.3) is 0 Å². The Hall–Kier alpha value is -1.01. The van der Waals surface area contributed by atoms with Crippen LogP contribution in [0.15, 0.2) is 0 Å². The van der Waals surface area contributed by atoms with Crippen LogP contribution in [-0.4, -0.2) is 19.8 Å². The lowest BCUT2D eigenvalue weighted by molar-refractivity contribution is 0.250. The Morgan fingerprint density at radius 2 is 2.00 bits per heavy atom. The van der Waals surface area contributed by atoms with Crippen molar-refractivity contribution in [2.45, 2.75) is 51.0 Å². The van der Waals surface area contributed by atoms with Gasteiger partial charge in [0.15, 0.2) is 5.82 Å². The molecule has 1 aliphatic rings. The largest absolute Gasteiger partial charge is 0.319 e. The van der Waals surface area contributed by atoms with Crippen LogP contribution in [-0.2, 0) is 11.0 Å². The molecule has 1 saturated carbocycles. The Bertz CT molecular complexity index is 558. The molecule has 2 N–H and O–H groups in total. The van der Waals surface area contributed by atoms with Crippen molar-refractivity contribution >= 4 is 16.3 Å². The smallest absolute Gasteiger partial charge is 0.234 e. The first-order valence-corrected chi connectivity index (χ1v) is 6.74. The van der Waals surface area contributed by atoms with Gasteiger partial charge in [-0.15, -0.1) is 10.2 Å². The number of nitrogens with two attached hydrogens (primary N) is 1. The number of nitrogens with zero attached hydrogens (tertiary/aromatic N) is 4. The Morgan fingerprint density at radius 3 is 2.53 bits per heavy atom. The van der Waals surface area contributed by atoms with Crippen LogP contribution in [0.1, 0.15) is 50.9 Å². The molecule has 0 radical (unpaired) electrons. The number of rotatable bonds is 1. The first-order chi connectivity index (χ1) is 7.90. The van der Waals surface area contributed by atoms with Crippen LogP contribution in [0.3, 0.4) is 0 Å². The van der Waals surface area contributed by atoms with Crippen LogP contribution in [0.4, 0.5) is 0 Å². The van der Waals surface area contributed by atoms with Crippen LogP contribution in [0.2, 0.25) is 0 Å². The van der Waals surface area contributed by atoms with Crippen molar-refractivity contribution in [3.63, 3.8) is 0 Å². The van der Waals surface area contributed by atoms with Gasteiger partial charge in [-0.1, -0.05) is 32.1 Å². The molecular weight excluding hydrogens is 234 g/mol. The molecule has 0 amide bonds. The lowest BCUT2D eigenvalue weighted by Gasteiger charge is -2.35. The van der Waals surface area contributed by atoms with Crippen LogP contribution >= 0.6 is 11.3 Å². The van der Waals surface area contributed by atoms with Crippen molar-refractivity contribution in [3.05, 3.63) is 10.8 Å². The van der Waals surface area contributed by atoms with Gasteiger partial charge < -0.3 is 5.73 Å². The molecule has 6 heteroatoms. The summed E-state index contributed by atoms with van der Waals surface area (Å²) >= 11 is 1.57. The van der Waals surface area contributed by atoms with Gasteiger partial charge in [-0.25, -0.2) is 0 Å². The highest BCUT2D eigenvalue weighted by Crippen LogP contribution is 2.40. The molecule has 92 valence electrons. The molecule has 5 nitrogen and oxygen atoms in total. The molecule has 2 aromatic rings. The fourth-order valence-corrected chi connectivity index (χ4v) is 3.06. The summed E-state index contributed by atoms with van der Waals surface area (Å²) < 4.78 is 1.85. The van der Waals surface area contributed by atoms with Crippen molar-refractivity contribution in [2.75, 3.05) is 0 Å². The molecule has 0 aromatic carbocycles. The Morgan fingerprint density at radius 1 is 1.29 bits per heavy atom. The molecule has 0 saturated heterocycles. The third-order valence-corrected chi connectivity index (χ3v) is 4.45. The fraction of sp³-hybridized carbons (Fsp3) is 0.727. The summed E-state index contributed by atoms with van der Waals surface area (Å²) in [4.78, 5) is 0.849. The Labute approximate surface area is 104 Å². The zero-order valence-electron chi connectivity index (χ0n) is 10.4. The molecule has 0 spiro atoms. The van der Waals surface area contributed by atoms with Gasteiger partial charge in [0.2, 0.25) is 4.96 Å². The molecule has 0 unspecified atom stereocenters. The monoisotopic (exact) mass is 251 g/mol. The van der Waals surface area contributed by atoms with Gasteiger partial charge in [-0.3, -0.25) is 0 Å². The van der Waals surface area contributed by atoms with Crippen molar-refractivity contribution in [1.82, 2.24) is 19.8 Å². The number of fused-ring (bicyclic) bond motifs is 1. The minimum atomic E-state index is -0.208. The van der Waals surface area contributed by atoms with Gasteiger partial charge in [0, 0.05) is 5.41 Å². The fourth-order valence-electron chi connectivity index (χ4n) is 2.06. The highest BCUT2D eigenvalue weighted by atomic mass is 32.1. The summed E-state index contributed by atoms with van der Waals surface area (Å²) in [7, 11) is 0. The molecule has 3 rings (SSSR count).